The molecule has 9 heteroatoms. The van der Waals surface area contributed by atoms with Gasteiger partial charge in [-0.25, -0.2) is 14.5 Å². The van der Waals surface area contributed by atoms with Crippen molar-refractivity contribution in [2.45, 2.75) is 25.9 Å². The van der Waals surface area contributed by atoms with E-state index >= 15 is 0 Å². The first-order valence-electron chi connectivity index (χ1n) is 10.7. The van der Waals surface area contributed by atoms with Crippen LogP contribution in [0.2, 0.25) is 0 Å². The van der Waals surface area contributed by atoms with E-state index in [4.69, 9.17) is 4.42 Å². The second-order valence-electron chi connectivity index (χ2n) is 8.05. The highest BCUT2D eigenvalue weighted by Gasteiger charge is 2.35. The van der Waals surface area contributed by atoms with Crippen molar-refractivity contribution in [2.75, 3.05) is 0 Å². The summed E-state index contributed by atoms with van der Waals surface area (Å²) >= 11 is 0. The lowest BCUT2D eigenvalue weighted by molar-refractivity contribution is -0.134. The Morgan fingerprint density at radius 1 is 1.06 bits per heavy atom. The molecular weight excluding hydrogens is 436 g/mol. The summed E-state index contributed by atoms with van der Waals surface area (Å²) in [5.41, 5.74) is 1.85. The third-order valence-corrected chi connectivity index (χ3v) is 5.78. The van der Waals surface area contributed by atoms with Crippen LogP contribution in [0.3, 0.4) is 0 Å². The average molecular weight is 456 g/mol. The van der Waals surface area contributed by atoms with Crippen LogP contribution in [0.5, 0.6) is 0 Å². The number of rotatable bonds is 5. The number of hydrogen-bond donors (Lipinski definition) is 1. The zero-order valence-electron chi connectivity index (χ0n) is 18.2. The Bertz CT molecular complexity index is 1490. The fourth-order valence-corrected chi connectivity index (χ4v) is 4.06. The second-order valence-corrected chi connectivity index (χ2v) is 8.05. The zero-order valence-corrected chi connectivity index (χ0v) is 18.2. The van der Waals surface area contributed by atoms with Crippen LogP contribution in [-0.2, 0) is 11.3 Å². The zero-order chi connectivity index (χ0) is 23.8. The minimum Gasteiger partial charge on any atom is -0.476 e. The van der Waals surface area contributed by atoms with Crippen LogP contribution < -0.4 is 5.56 Å². The maximum absolute atomic E-state index is 13.4. The van der Waals surface area contributed by atoms with Gasteiger partial charge in [-0.3, -0.25) is 9.59 Å². The van der Waals surface area contributed by atoms with Crippen LogP contribution in [0.4, 0.5) is 0 Å². The van der Waals surface area contributed by atoms with Gasteiger partial charge in [0.1, 0.15) is 18.3 Å². The molecule has 0 bridgehead atoms. The molecule has 0 spiro atoms. The topological polar surface area (TPSA) is 118 Å². The van der Waals surface area contributed by atoms with Gasteiger partial charge in [0.05, 0.1) is 17.4 Å². The number of nitrogens with zero attached hydrogens (tertiary/aromatic N) is 4. The molecule has 5 rings (SSSR count). The van der Waals surface area contributed by atoms with Crippen LogP contribution in [-0.4, -0.2) is 37.5 Å². The summed E-state index contributed by atoms with van der Waals surface area (Å²) in [5, 5.41) is 19.8. The number of carbonyl (C=O) groups excluding carboxylic acids is 1. The van der Waals surface area contributed by atoms with Crippen molar-refractivity contribution in [1.82, 2.24) is 14.8 Å². The lowest BCUT2D eigenvalue weighted by Gasteiger charge is -2.20. The van der Waals surface area contributed by atoms with Crippen LogP contribution in [0, 0.1) is 6.92 Å². The molecule has 1 aliphatic heterocycles. The number of aromatic nitrogens is 2. The summed E-state index contributed by atoms with van der Waals surface area (Å²) in [6.07, 6.45) is 1.96. The fraction of sp³-hybridized carbons (Fsp3) is 0.160. The Morgan fingerprint density at radius 2 is 1.79 bits per heavy atom. The molecule has 0 radical (unpaired) electrons. The Kier molecular flexibility index (Phi) is 5.29. The van der Waals surface area contributed by atoms with Gasteiger partial charge >= 0.3 is 5.97 Å². The Balaban J connectivity index is 1.53. The molecule has 34 heavy (non-hydrogen) atoms. The predicted octanol–water partition coefficient (Wildman–Crippen LogP) is 3.37. The standard InChI is InChI=1S/C25H20N4O5/c1-15-8-10-16(11-9-15)19-13-20(21-7-4-12-34-21)29(26-19)22(30)14-28-24(31)18-6-3-2-5-17(18)23(27-28)25(32)33/h2-12,20H,13-14H2,1H3,(H,32,33)/t20-/m0/s1. The van der Waals surface area contributed by atoms with Crippen molar-refractivity contribution in [3.8, 4) is 0 Å². The van der Waals surface area contributed by atoms with E-state index in [0.29, 0.717) is 17.9 Å². The number of carbonyl (C=O) groups is 2. The monoisotopic (exact) mass is 456 g/mol. The van der Waals surface area contributed by atoms with Gasteiger partial charge in [-0.2, -0.15) is 10.2 Å². The van der Waals surface area contributed by atoms with Crippen LogP contribution in [0.15, 0.2) is 81.2 Å². The summed E-state index contributed by atoms with van der Waals surface area (Å²) in [5.74, 6) is -1.24. The van der Waals surface area contributed by atoms with Crippen molar-refractivity contribution < 1.29 is 19.1 Å². The van der Waals surface area contributed by atoms with Crippen LogP contribution >= 0.6 is 0 Å². The molecule has 3 heterocycles. The number of hydrogen-bond acceptors (Lipinski definition) is 6. The van der Waals surface area contributed by atoms with E-state index < -0.39 is 30.0 Å². The maximum Gasteiger partial charge on any atom is 0.357 e. The minimum atomic E-state index is -1.29. The van der Waals surface area contributed by atoms with Gasteiger partial charge in [-0.15, -0.1) is 0 Å². The summed E-state index contributed by atoms with van der Waals surface area (Å²) in [6.45, 7) is 1.52. The molecule has 1 aliphatic rings. The molecule has 2 aromatic carbocycles. The van der Waals surface area contributed by atoms with E-state index in [-0.39, 0.29) is 16.5 Å². The summed E-state index contributed by atoms with van der Waals surface area (Å²) in [6, 6.07) is 17.1. The summed E-state index contributed by atoms with van der Waals surface area (Å²) < 4.78 is 6.44. The number of amides is 1. The number of benzene rings is 2. The van der Waals surface area contributed by atoms with E-state index in [2.05, 4.69) is 10.2 Å². The predicted molar refractivity (Wildman–Crippen MR) is 124 cm³/mol. The number of furan rings is 1. The number of fused-ring (bicyclic) bond motifs is 1. The summed E-state index contributed by atoms with van der Waals surface area (Å²) in [4.78, 5) is 38.1. The van der Waals surface area contributed by atoms with Gasteiger partial charge < -0.3 is 9.52 Å². The first-order chi connectivity index (χ1) is 16.4. The third-order valence-electron chi connectivity index (χ3n) is 5.78. The van der Waals surface area contributed by atoms with Crippen molar-refractivity contribution >= 4 is 28.4 Å². The molecule has 2 aromatic heterocycles. The molecule has 0 saturated heterocycles. The second kappa shape index (κ2) is 8.43. The largest absolute Gasteiger partial charge is 0.476 e. The minimum absolute atomic E-state index is 0.176. The number of aromatic carboxylic acids is 1. The number of hydrazone groups is 1. The molecule has 4 aromatic rings. The van der Waals surface area contributed by atoms with Gasteiger partial charge in [0.2, 0.25) is 0 Å². The van der Waals surface area contributed by atoms with Crippen molar-refractivity contribution in [3.05, 3.63) is 99.9 Å². The average Bonchev–Trinajstić information content (AvgIpc) is 3.51. The van der Waals surface area contributed by atoms with Gasteiger partial charge in [-0.1, -0.05) is 48.0 Å². The molecule has 0 saturated carbocycles. The van der Waals surface area contributed by atoms with E-state index in [1.54, 1.807) is 24.3 Å². The molecule has 1 amide bonds. The first-order valence-corrected chi connectivity index (χ1v) is 10.7. The number of aryl methyl sites for hydroxylation is 1. The molecule has 170 valence electrons. The molecular formula is C25H20N4O5. The SMILES string of the molecule is Cc1ccc(C2=NN(C(=O)Cn3nc(C(=O)O)c4ccccc4c3=O)[C@H](c3ccco3)C2)cc1. The molecule has 0 unspecified atom stereocenters. The quantitative estimate of drug-likeness (QED) is 0.492. The van der Waals surface area contributed by atoms with Crippen LogP contribution in [0.1, 0.15) is 39.8 Å². The van der Waals surface area contributed by atoms with Gasteiger partial charge in [0.25, 0.3) is 11.5 Å². The molecule has 0 fully saturated rings. The van der Waals surface area contributed by atoms with Crippen molar-refractivity contribution in [2.24, 2.45) is 5.10 Å². The maximum atomic E-state index is 13.4. The van der Waals surface area contributed by atoms with Gasteiger partial charge in [0.15, 0.2) is 5.69 Å². The smallest absolute Gasteiger partial charge is 0.357 e. The van der Waals surface area contributed by atoms with Crippen molar-refractivity contribution in [1.29, 1.82) is 0 Å². The molecule has 9 nitrogen and oxygen atoms in total. The normalized spacial score (nSPS) is 15.5. The van der Waals surface area contributed by atoms with Crippen molar-refractivity contribution in [3.63, 3.8) is 0 Å². The Hall–Kier alpha value is -4.53. The lowest BCUT2D eigenvalue weighted by Crippen LogP contribution is -2.35. The lowest BCUT2D eigenvalue weighted by atomic mass is 10.0. The third kappa shape index (κ3) is 3.77. The van der Waals surface area contributed by atoms with E-state index in [1.165, 1.54) is 23.4 Å². The van der Waals surface area contributed by atoms with E-state index in [9.17, 15) is 19.5 Å². The van der Waals surface area contributed by atoms with Gasteiger partial charge in [-0.05, 0) is 30.7 Å². The molecule has 1 atom stereocenters. The van der Waals surface area contributed by atoms with Crippen LogP contribution in [0.25, 0.3) is 10.8 Å². The first kappa shape index (κ1) is 21.3. The van der Waals surface area contributed by atoms with Gasteiger partial charge in [0, 0.05) is 11.8 Å². The van der Waals surface area contributed by atoms with E-state index in [1.807, 2.05) is 31.2 Å². The Morgan fingerprint density at radius 3 is 2.47 bits per heavy atom. The molecule has 0 aliphatic carbocycles. The van der Waals surface area contributed by atoms with E-state index in [0.717, 1.165) is 15.8 Å². The fourth-order valence-electron chi connectivity index (χ4n) is 4.06. The number of carboxylic acid groups (broad SMARTS) is 1. The summed E-state index contributed by atoms with van der Waals surface area (Å²) in [7, 11) is 0. The highest BCUT2D eigenvalue weighted by molar-refractivity contribution is 6.03. The highest BCUT2D eigenvalue weighted by Crippen LogP contribution is 2.33. The molecule has 1 N–H and O–H groups in total. The Labute approximate surface area is 193 Å². The number of carboxylic acids is 1. The highest BCUT2D eigenvalue weighted by atomic mass is 16.4.